The van der Waals surface area contributed by atoms with E-state index in [0.29, 0.717) is 11.3 Å². The van der Waals surface area contributed by atoms with E-state index >= 15 is 0 Å². The minimum atomic E-state index is -0.409. The molecule has 1 atom stereocenters. The van der Waals surface area contributed by atoms with Gasteiger partial charge in [0.15, 0.2) is 0 Å². The molecule has 0 aliphatic rings. The van der Waals surface area contributed by atoms with E-state index in [1.165, 1.54) is 0 Å². The molecule has 4 nitrogen and oxygen atoms in total. The minimum absolute atomic E-state index is 0.179. The van der Waals surface area contributed by atoms with Gasteiger partial charge in [0.25, 0.3) is 0 Å². The fourth-order valence-electron chi connectivity index (χ4n) is 2.30. The normalized spacial score (nSPS) is 11.4. The molecule has 0 fully saturated rings. The zero-order valence-corrected chi connectivity index (χ0v) is 13.0. The predicted octanol–water partition coefficient (Wildman–Crippen LogP) is 3.61. The number of aryl methyl sites for hydroxylation is 2. The largest absolute Gasteiger partial charge is 0.374 e. The highest BCUT2D eigenvalue weighted by molar-refractivity contribution is 5.97. The fraction of sp³-hybridized carbons (Fsp3) is 0.222. The first kappa shape index (κ1) is 15.6. The van der Waals surface area contributed by atoms with Crippen LogP contribution in [0.3, 0.4) is 0 Å². The number of hydrogen-bond donors (Lipinski definition) is 2. The first-order valence-corrected chi connectivity index (χ1v) is 7.14. The standard InChI is InChI=1S/C18H19N3O/c1-12-8-13(2)10-16(9-12)20-14(3)18(22)21-17-7-5-4-6-15(17)11-19/h4-10,14,20H,1-3H3,(H,21,22). The van der Waals surface area contributed by atoms with Crippen LogP contribution in [0.2, 0.25) is 0 Å². The zero-order valence-electron chi connectivity index (χ0n) is 13.0. The summed E-state index contributed by atoms with van der Waals surface area (Å²) in [5.41, 5.74) is 4.18. The van der Waals surface area contributed by atoms with Gasteiger partial charge in [-0.2, -0.15) is 5.26 Å². The Balaban J connectivity index is 2.08. The number of para-hydroxylation sites is 1. The number of carbonyl (C=O) groups is 1. The van der Waals surface area contributed by atoms with Gasteiger partial charge in [-0.15, -0.1) is 0 Å². The van der Waals surface area contributed by atoms with Crippen LogP contribution in [0.15, 0.2) is 42.5 Å². The van der Waals surface area contributed by atoms with Crippen LogP contribution in [0, 0.1) is 25.2 Å². The number of benzene rings is 2. The molecular formula is C18H19N3O. The molecular weight excluding hydrogens is 274 g/mol. The number of nitrogens with one attached hydrogen (secondary N) is 2. The Labute approximate surface area is 130 Å². The van der Waals surface area contributed by atoms with Crippen molar-refractivity contribution in [1.29, 1.82) is 5.26 Å². The Morgan fingerprint density at radius 2 is 1.77 bits per heavy atom. The number of hydrogen-bond acceptors (Lipinski definition) is 3. The van der Waals surface area contributed by atoms with Gasteiger partial charge in [-0.1, -0.05) is 18.2 Å². The average molecular weight is 293 g/mol. The van der Waals surface area contributed by atoms with Crippen molar-refractivity contribution in [3.8, 4) is 6.07 Å². The lowest BCUT2D eigenvalue weighted by molar-refractivity contribution is -0.116. The highest BCUT2D eigenvalue weighted by Crippen LogP contribution is 2.17. The van der Waals surface area contributed by atoms with E-state index < -0.39 is 6.04 Å². The number of nitriles is 1. The van der Waals surface area contributed by atoms with Crippen LogP contribution in [-0.4, -0.2) is 11.9 Å². The number of anilines is 2. The molecule has 0 aliphatic heterocycles. The zero-order chi connectivity index (χ0) is 16.1. The van der Waals surface area contributed by atoms with Gasteiger partial charge >= 0.3 is 0 Å². The Morgan fingerprint density at radius 3 is 2.41 bits per heavy atom. The van der Waals surface area contributed by atoms with Gasteiger partial charge in [-0.25, -0.2) is 0 Å². The monoisotopic (exact) mass is 293 g/mol. The van der Waals surface area contributed by atoms with E-state index in [1.807, 2.05) is 26.0 Å². The topological polar surface area (TPSA) is 64.9 Å². The lowest BCUT2D eigenvalue weighted by atomic mass is 10.1. The third-order valence-electron chi connectivity index (χ3n) is 3.30. The van der Waals surface area contributed by atoms with Gasteiger partial charge in [0.1, 0.15) is 12.1 Å². The van der Waals surface area contributed by atoms with Gasteiger partial charge in [-0.05, 0) is 56.2 Å². The number of nitrogens with zero attached hydrogens (tertiary/aromatic N) is 1. The molecule has 22 heavy (non-hydrogen) atoms. The summed E-state index contributed by atoms with van der Waals surface area (Å²) in [6.45, 7) is 5.83. The Hall–Kier alpha value is -2.80. The van der Waals surface area contributed by atoms with Gasteiger partial charge < -0.3 is 10.6 Å². The molecule has 0 aromatic heterocycles. The van der Waals surface area contributed by atoms with Crippen molar-refractivity contribution in [2.75, 3.05) is 10.6 Å². The lowest BCUT2D eigenvalue weighted by Crippen LogP contribution is -2.32. The average Bonchev–Trinajstić information content (AvgIpc) is 2.46. The van der Waals surface area contributed by atoms with E-state index in [1.54, 1.807) is 31.2 Å². The second-order valence-electron chi connectivity index (χ2n) is 5.39. The molecule has 112 valence electrons. The molecule has 0 aliphatic carbocycles. The number of rotatable bonds is 4. The molecule has 0 heterocycles. The quantitative estimate of drug-likeness (QED) is 0.905. The summed E-state index contributed by atoms with van der Waals surface area (Å²) in [5.74, 6) is -0.179. The molecule has 2 aromatic carbocycles. The molecule has 0 saturated carbocycles. The Morgan fingerprint density at radius 1 is 1.14 bits per heavy atom. The highest BCUT2D eigenvalue weighted by atomic mass is 16.2. The second kappa shape index (κ2) is 6.77. The van der Waals surface area contributed by atoms with E-state index in [2.05, 4.69) is 22.8 Å². The summed E-state index contributed by atoms with van der Waals surface area (Å²) in [4.78, 5) is 12.3. The first-order chi connectivity index (χ1) is 10.5. The van der Waals surface area contributed by atoms with Crippen LogP contribution < -0.4 is 10.6 Å². The third-order valence-corrected chi connectivity index (χ3v) is 3.30. The highest BCUT2D eigenvalue weighted by Gasteiger charge is 2.14. The number of amides is 1. The summed E-state index contributed by atoms with van der Waals surface area (Å²) >= 11 is 0. The maximum atomic E-state index is 12.3. The summed E-state index contributed by atoms with van der Waals surface area (Å²) in [5, 5.41) is 15.0. The van der Waals surface area contributed by atoms with Crippen LogP contribution in [0.5, 0.6) is 0 Å². The van der Waals surface area contributed by atoms with Crippen LogP contribution in [0.1, 0.15) is 23.6 Å². The summed E-state index contributed by atoms with van der Waals surface area (Å²) < 4.78 is 0. The second-order valence-corrected chi connectivity index (χ2v) is 5.39. The van der Waals surface area contributed by atoms with Crippen LogP contribution in [-0.2, 0) is 4.79 Å². The number of carbonyl (C=O) groups excluding carboxylic acids is 1. The Bertz CT molecular complexity index is 711. The van der Waals surface area contributed by atoms with Gasteiger partial charge in [0, 0.05) is 5.69 Å². The maximum Gasteiger partial charge on any atom is 0.246 e. The van der Waals surface area contributed by atoms with E-state index in [9.17, 15) is 4.79 Å². The van der Waals surface area contributed by atoms with E-state index in [-0.39, 0.29) is 5.91 Å². The fourth-order valence-corrected chi connectivity index (χ4v) is 2.30. The molecule has 0 bridgehead atoms. The summed E-state index contributed by atoms with van der Waals surface area (Å²) in [7, 11) is 0. The SMILES string of the molecule is Cc1cc(C)cc(NC(C)C(=O)Nc2ccccc2C#N)c1. The smallest absolute Gasteiger partial charge is 0.246 e. The third kappa shape index (κ3) is 3.86. The molecule has 2 rings (SSSR count). The molecule has 2 N–H and O–H groups in total. The van der Waals surface area contributed by atoms with Crippen molar-refractivity contribution in [1.82, 2.24) is 0 Å². The molecule has 0 radical (unpaired) electrons. The molecule has 1 amide bonds. The van der Waals surface area contributed by atoms with Crippen molar-refractivity contribution in [2.24, 2.45) is 0 Å². The minimum Gasteiger partial charge on any atom is -0.374 e. The molecule has 0 spiro atoms. The Kier molecular flexibility index (Phi) is 4.80. The predicted molar refractivity (Wildman–Crippen MR) is 88.8 cm³/mol. The van der Waals surface area contributed by atoms with Gasteiger partial charge in [0.2, 0.25) is 5.91 Å². The molecule has 0 saturated heterocycles. The summed E-state index contributed by atoms with van der Waals surface area (Å²) in [6, 6.07) is 14.7. The van der Waals surface area contributed by atoms with Crippen molar-refractivity contribution in [3.05, 3.63) is 59.2 Å². The van der Waals surface area contributed by atoms with Crippen molar-refractivity contribution in [2.45, 2.75) is 26.8 Å². The molecule has 2 aromatic rings. The van der Waals surface area contributed by atoms with Crippen LogP contribution in [0.4, 0.5) is 11.4 Å². The lowest BCUT2D eigenvalue weighted by Gasteiger charge is -2.16. The van der Waals surface area contributed by atoms with Gasteiger partial charge in [-0.3, -0.25) is 4.79 Å². The first-order valence-electron chi connectivity index (χ1n) is 7.14. The van der Waals surface area contributed by atoms with Crippen molar-refractivity contribution < 1.29 is 4.79 Å². The maximum absolute atomic E-state index is 12.3. The molecule has 1 unspecified atom stereocenters. The van der Waals surface area contributed by atoms with Crippen LogP contribution in [0.25, 0.3) is 0 Å². The summed E-state index contributed by atoms with van der Waals surface area (Å²) in [6.07, 6.45) is 0. The molecule has 4 heteroatoms. The van der Waals surface area contributed by atoms with Gasteiger partial charge in [0.05, 0.1) is 11.3 Å². The van der Waals surface area contributed by atoms with E-state index in [0.717, 1.165) is 16.8 Å². The van der Waals surface area contributed by atoms with Crippen molar-refractivity contribution >= 4 is 17.3 Å². The van der Waals surface area contributed by atoms with Crippen LogP contribution >= 0.6 is 0 Å². The van der Waals surface area contributed by atoms with E-state index in [4.69, 9.17) is 5.26 Å². The van der Waals surface area contributed by atoms with Crippen molar-refractivity contribution in [3.63, 3.8) is 0 Å².